The summed E-state index contributed by atoms with van der Waals surface area (Å²) in [4.78, 5) is 35.6. The molecule has 0 aliphatic heterocycles. The van der Waals surface area contributed by atoms with Gasteiger partial charge in [0.25, 0.3) is 0 Å². The Bertz CT molecular complexity index is 1250. The fraction of sp³-hybridized carbons (Fsp3) is 0.787. The second kappa shape index (κ2) is 37.2. The van der Waals surface area contributed by atoms with Crippen molar-refractivity contribution in [1.29, 1.82) is 0 Å². The first-order valence-electron chi connectivity index (χ1n) is 23.4. The lowest BCUT2D eigenvalue weighted by Gasteiger charge is -2.41. The summed E-state index contributed by atoms with van der Waals surface area (Å²) < 4.78 is 33.4. The Labute approximate surface area is 367 Å². The Morgan fingerprint density at radius 3 is 1.39 bits per heavy atom. The average Bonchev–Trinajstić information content (AvgIpc) is 3.24. The van der Waals surface area contributed by atoms with Crippen molar-refractivity contribution in [2.75, 3.05) is 13.2 Å². The van der Waals surface area contributed by atoms with Crippen molar-refractivity contribution in [1.82, 2.24) is 0 Å². The molecule has 0 aromatic carbocycles. The van der Waals surface area contributed by atoms with E-state index in [9.17, 15) is 44.6 Å². The number of ether oxygens (including phenoxy) is 2. The van der Waals surface area contributed by atoms with Crippen LogP contribution >= 0.6 is 7.82 Å². The van der Waals surface area contributed by atoms with Gasteiger partial charge in [0.2, 0.25) is 0 Å². The number of carbonyl (C=O) groups is 2. The topological polar surface area (TPSA) is 210 Å². The van der Waals surface area contributed by atoms with E-state index < -0.39 is 75.7 Å². The van der Waals surface area contributed by atoms with Crippen LogP contribution < -0.4 is 0 Å². The van der Waals surface area contributed by atoms with E-state index in [0.717, 1.165) is 44.9 Å². The minimum Gasteiger partial charge on any atom is -0.462 e. The quantitative estimate of drug-likeness (QED) is 0.0148. The molecule has 0 spiro atoms. The van der Waals surface area contributed by atoms with E-state index in [1.807, 2.05) is 12.2 Å². The number of carbonyl (C=O) groups excluding carboxylic acids is 2. The summed E-state index contributed by atoms with van der Waals surface area (Å²) >= 11 is 0. The molecular weight excluding hydrogens is 803 g/mol. The fourth-order valence-corrected chi connectivity index (χ4v) is 7.84. The Hall–Kier alpha value is -2.19. The Morgan fingerprint density at radius 1 is 0.508 bits per heavy atom. The smallest absolute Gasteiger partial charge is 0.462 e. The van der Waals surface area contributed by atoms with Crippen LogP contribution in [0.25, 0.3) is 0 Å². The Morgan fingerprint density at radius 2 is 0.902 bits per heavy atom. The molecular formula is C47H83O13P. The van der Waals surface area contributed by atoms with Crippen molar-refractivity contribution in [3.8, 4) is 0 Å². The normalized spacial score (nSPS) is 22.4. The summed E-state index contributed by atoms with van der Waals surface area (Å²) in [6.45, 7) is 3.24. The number of hydrogen-bond donors (Lipinski definition) is 6. The van der Waals surface area contributed by atoms with Crippen molar-refractivity contribution in [3.63, 3.8) is 0 Å². The van der Waals surface area contributed by atoms with Crippen molar-refractivity contribution < 1.29 is 63.1 Å². The minimum atomic E-state index is -5.13. The highest BCUT2D eigenvalue weighted by Crippen LogP contribution is 2.47. The number of unbranched alkanes of at least 4 members (excludes halogenated alkanes) is 18. The third kappa shape index (κ3) is 29.7. The zero-order chi connectivity index (χ0) is 45.0. The lowest BCUT2D eigenvalue weighted by atomic mass is 9.85. The highest BCUT2D eigenvalue weighted by molar-refractivity contribution is 7.47. The van der Waals surface area contributed by atoms with Gasteiger partial charge in [-0.05, 0) is 51.4 Å². The molecule has 1 fully saturated rings. The van der Waals surface area contributed by atoms with Crippen LogP contribution in [0.3, 0.4) is 0 Å². The molecule has 0 aromatic heterocycles. The van der Waals surface area contributed by atoms with Gasteiger partial charge in [-0.2, -0.15) is 0 Å². The van der Waals surface area contributed by atoms with Crippen LogP contribution in [-0.4, -0.2) is 98.3 Å². The van der Waals surface area contributed by atoms with E-state index in [4.69, 9.17) is 18.5 Å². The van der Waals surface area contributed by atoms with E-state index in [0.29, 0.717) is 19.3 Å². The Kier molecular flexibility index (Phi) is 34.7. The first-order chi connectivity index (χ1) is 29.4. The summed E-state index contributed by atoms with van der Waals surface area (Å²) in [7, 11) is -5.13. The lowest BCUT2D eigenvalue weighted by molar-refractivity contribution is -0.220. The first kappa shape index (κ1) is 56.8. The molecule has 1 saturated carbocycles. The molecule has 6 unspecified atom stereocenters. The average molecular weight is 887 g/mol. The van der Waals surface area contributed by atoms with E-state index in [1.54, 1.807) is 0 Å². The number of aliphatic hydroxyl groups excluding tert-OH is 5. The summed E-state index contributed by atoms with van der Waals surface area (Å²) in [5.41, 5.74) is 0. The van der Waals surface area contributed by atoms with Crippen molar-refractivity contribution in [3.05, 3.63) is 48.6 Å². The number of phosphoric acid groups is 1. The van der Waals surface area contributed by atoms with Crippen LogP contribution in [0.2, 0.25) is 0 Å². The Balaban J connectivity index is 2.48. The fourth-order valence-electron chi connectivity index (χ4n) is 6.87. The summed E-state index contributed by atoms with van der Waals surface area (Å²) in [6.07, 6.45) is 30.4. The van der Waals surface area contributed by atoms with Gasteiger partial charge in [-0.3, -0.25) is 18.6 Å². The van der Waals surface area contributed by atoms with Gasteiger partial charge in [-0.1, -0.05) is 165 Å². The molecule has 0 aromatic rings. The van der Waals surface area contributed by atoms with Crippen molar-refractivity contribution >= 4 is 19.8 Å². The molecule has 6 N–H and O–H groups in total. The van der Waals surface area contributed by atoms with Crippen LogP contribution in [0, 0.1) is 0 Å². The van der Waals surface area contributed by atoms with Gasteiger partial charge in [0, 0.05) is 12.8 Å². The van der Waals surface area contributed by atoms with E-state index in [-0.39, 0.29) is 12.8 Å². The zero-order valence-electron chi connectivity index (χ0n) is 37.4. The number of aliphatic hydroxyl groups is 5. The van der Waals surface area contributed by atoms with Gasteiger partial charge in [-0.25, -0.2) is 4.57 Å². The van der Waals surface area contributed by atoms with Gasteiger partial charge in [0.1, 0.15) is 43.2 Å². The summed E-state index contributed by atoms with van der Waals surface area (Å²) in [5.74, 6) is -1.16. The third-order valence-electron chi connectivity index (χ3n) is 10.7. The predicted molar refractivity (Wildman–Crippen MR) is 239 cm³/mol. The summed E-state index contributed by atoms with van der Waals surface area (Å²) in [6, 6.07) is 0. The van der Waals surface area contributed by atoms with Crippen LogP contribution in [0.4, 0.5) is 0 Å². The molecule has 1 rings (SSSR count). The minimum absolute atomic E-state index is 0.0213. The largest absolute Gasteiger partial charge is 0.472 e. The highest BCUT2D eigenvalue weighted by Gasteiger charge is 2.51. The molecule has 0 radical (unpaired) electrons. The number of hydrogen-bond acceptors (Lipinski definition) is 12. The third-order valence-corrected chi connectivity index (χ3v) is 11.7. The maximum absolute atomic E-state index is 12.8. The van der Waals surface area contributed by atoms with Gasteiger partial charge in [0.05, 0.1) is 6.61 Å². The van der Waals surface area contributed by atoms with E-state index >= 15 is 0 Å². The molecule has 8 atom stereocenters. The van der Waals surface area contributed by atoms with E-state index in [1.165, 1.54) is 89.9 Å². The summed E-state index contributed by atoms with van der Waals surface area (Å²) in [5, 5.41) is 50.1. The van der Waals surface area contributed by atoms with Crippen LogP contribution in [0.5, 0.6) is 0 Å². The maximum Gasteiger partial charge on any atom is 0.472 e. The molecule has 61 heavy (non-hydrogen) atoms. The van der Waals surface area contributed by atoms with Crippen LogP contribution in [0.1, 0.15) is 181 Å². The number of allylic oxidation sites excluding steroid dienone is 8. The van der Waals surface area contributed by atoms with Crippen molar-refractivity contribution in [2.45, 2.75) is 224 Å². The van der Waals surface area contributed by atoms with Crippen LogP contribution in [0.15, 0.2) is 48.6 Å². The number of rotatable bonds is 38. The second-order valence-corrected chi connectivity index (χ2v) is 17.7. The predicted octanol–water partition coefficient (Wildman–Crippen LogP) is 9.17. The highest BCUT2D eigenvalue weighted by atomic mass is 31.2. The second-order valence-electron chi connectivity index (χ2n) is 16.3. The molecule has 0 heterocycles. The van der Waals surface area contributed by atoms with Gasteiger partial charge in [0.15, 0.2) is 6.10 Å². The number of phosphoric ester groups is 1. The molecule has 0 saturated heterocycles. The lowest BCUT2D eigenvalue weighted by Crippen LogP contribution is -2.64. The van der Waals surface area contributed by atoms with Gasteiger partial charge < -0.3 is 39.9 Å². The molecule has 13 nitrogen and oxygen atoms in total. The SMILES string of the molecule is CCCCCCCCC/C=C/C/C=C/C/C=C/C/C=C/CCCC(=O)O[C@H](COC(=O)CCCCCCCCCCCCC)COP(=O)(O)OC1C(O)C(O)C(O)[C@@H](O)C1O. The van der Waals surface area contributed by atoms with Crippen molar-refractivity contribution in [2.24, 2.45) is 0 Å². The van der Waals surface area contributed by atoms with Gasteiger partial charge in [-0.15, -0.1) is 0 Å². The van der Waals surface area contributed by atoms with Gasteiger partial charge >= 0.3 is 19.8 Å². The number of esters is 2. The monoisotopic (exact) mass is 887 g/mol. The zero-order valence-corrected chi connectivity index (χ0v) is 38.3. The maximum atomic E-state index is 12.8. The molecule has 0 amide bonds. The van der Waals surface area contributed by atoms with E-state index in [2.05, 4.69) is 50.3 Å². The van der Waals surface area contributed by atoms with Crippen LogP contribution in [-0.2, 0) is 32.7 Å². The molecule has 354 valence electrons. The molecule has 0 bridgehead atoms. The standard InChI is InChI=1S/C47H83O13P/c1-3-5-7-9-11-13-15-16-17-18-19-20-21-22-23-24-26-28-30-32-34-36-41(49)59-39(37-57-40(48)35-33-31-29-27-25-14-12-10-8-6-4-2)38-58-61(55,56)60-47-45(53)43(51)42(50)44(52)46(47)54/h17-18,20-21,23-24,28,30,39,42-47,50-54H,3-16,19,22,25-27,29,31-38H2,1-2H3,(H,55,56)/b18-17+,21-20+,24-23+,30-28+/t39-,42?,43-,44?,45?,46?,47?/m1/s1. The first-order valence-corrected chi connectivity index (χ1v) is 24.9. The molecule has 1 aliphatic carbocycles. The molecule has 1 aliphatic rings. The molecule has 14 heteroatoms.